The van der Waals surface area contributed by atoms with Crippen molar-refractivity contribution >= 4 is 38.6 Å². The van der Waals surface area contributed by atoms with Gasteiger partial charge in [-0.15, -0.1) is 11.3 Å². The number of halogens is 1. The second kappa shape index (κ2) is 12.5. The Morgan fingerprint density at radius 3 is 2.58 bits per heavy atom. The van der Waals surface area contributed by atoms with Crippen LogP contribution in [0.1, 0.15) is 28.8 Å². The lowest BCUT2D eigenvalue weighted by atomic mass is 9.97. The minimum Gasteiger partial charge on any atom is -0.392 e. The molecule has 3 aliphatic rings. The molecular formula is C35H36FN7O4S. The first-order valence-electron chi connectivity index (χ1n) is 16.3. The number of hydrogen-bond donors (Lipinski definition) is 2. The molecule has 2 saturated heterocycles. The van der Waals surface area contributed by atoms with Crippen molar-refractivity contribution in [2.75, 3.05) is 49.6 Å². The van der Waals surface area contributed by atoms with Crippen molar-refractivity contribution in [3.8, 4) is 16.8 Å². The molecule has 0 saturated carbocycles. The van der Waals surface area contributed by atoms with Crippen LogP contribution in [-0.2, 0) is 31.2 Å². The molecule has 4 aromatic heterocycles. The first-order valence-corrected chi connectivity index (χ1v) is 17.2. The molecule has 2 N–H and O–H groups in total. The standard InChI is InChI=1S/C35H36FN7O4S/c1-40-17-21(12-29(34(40)45)39-32-7-6-23(15-37-32)41-8-10-42(11-9-41)24-19-47-20-24)26-13-22(36)14-30(28(26)18-44)43-35(46)33-27(16-38-43)25-4-2-3-5-31(25)48-33/h6-7,12-17,24,44H,2-5,8-11,18-20H2,1H3,(H,37,39). The molecule has 0 unspecified atom stereocenters. The number of hydrogen-bond acceptors (Lipinski definition) is 10. The van der Waals surface area contributed by atoms with E-state index in [0.29, 0.717) is 33.2 Å². The van der Waals surface area contributed by atoms with Crippen molar-refractivity contribution in [1.29, 1.82) is 0 Å². The predicted octanol–water partition coefficient (Wildman–Crippen LogP) is 3.98. The van der Waals surface area contributed by atoms with E-state index in [0.717, 1.165) is 76.1 Å². The van der Waals surface area contributed by atoms with Crippen molar-refractivity contribution in [1.82, 2.24) is 24.2 Å². The Balaban J connectivity index is 1.10. The molecule has 8 rings (SSSR count). The highest BCUT2D eigenvalue weighted by atomic mass is 32.1. The summed E-state index contributed by atoms with van der Waals surface area (Å²) >= 11 is 1.48. The molecule has 11 nitrogen and oxygen atoms in total. The maximum atomic E-state index is 15.3. The third-order valence-corrected chi connectivity index (χ3v) is 11.1. The number of fused-ring (bicyclic) bond motifs is 3. The molecule has 0 bridgehead atoms. The van der Waals surface area contributed by atoms with Crippen LogP contribution in [-0.4, -0.2) is 74.8 Å². The van der Waals surface area contributed by atoms with Crippen molar-refractivity contribution in [2.45, 2.75) is 38.3 Å². The van der Waals surface area contributed by atoms with E-state index in [4.69, 9.17) is 4.74 Å². The van der Waals surface area contributed by atoms with E-state index in [2.05, 4.69) is 25.2 Å². The molecule has 0 radical (unpaired) electrons. The SMILES string of the molecule is Cn1cc(-c2cc(F)cc(-n3ncc4c5c(sc4c3=O)CCCC5)c2CO)cc(Nc2ccc(N3CCN(C4COC4)CC3)cn2)c1=O. The summed E-state index contributed by atoms with van der Waals surface area (Å²) < 4.78 is 23.8. The van der Waals surface area contributed by atoms with Gasteiger partial charge in [-0.3, -0.25) is 14.5 Å². The highest BCUT2D eigenvalue weighted by Gasteiger charge is 2.29. The first kappa shape index (κ1) is 30.9. The number of anilines is 3. The van der Waals surface area contributed by atoms with Crippen LogP contribution in [0.15, 0.2) is 58.5 Å². The summed E-state index contributed by atoms with van der Waals surface area (Å²) in [6, 6.07) is 8.49. The maximum absolute atomic E-state index is 15.3. The van der Waals surface area contributed by atoms with Crippen molar-refractivity contribution < 1.29 is 14.2 Å². The van der Waals surface area contributed by atoms with Crippen LogP contribution >= 0.6 is 11.3 Å². The number of pyridine rings is 2. The summed E-state index contributed by atoms with van der Waals surface area (Å²) in [5, 5.41) is 19.0. The van der Waals surface area contributed by atoms with Gasteiger partial charge in [0.25, 0.3) is 11.1 Å². The Morgan fingerprint density at radius 2 is 1.85 bits per heavy atom. The number of nitrogens with zero attached hydrogens (tertiary/aromatic N) is 6. The fourth-order valence-corrected chi connectivity index (χ4v) is 8.36. The quantitative estimate of drug-likeness (QED) is 0.266. The number of aryl methyl sites for hydroxylation is 3. The lowest BCUT2D eigenvalue weighted by Crippen LogP contribution is -2.56. The van der Waals surface area contributed by atoms with E-state index in [9.17, 15) is 14.7 Å². The average Bonchev–Trinajstić information content (AvgIpc) is 3.46. The van der Waals surface area contributed by atoms with Crippen molar-refractivity contribution in [3.05, 3.63) is 91.5 Å². The number of rotatable bonds is 7. The average molecular weight is 670 g/mol. The predicted molar refractivity (Wildman–Crippen MR) is 184 cm³/mol. The Kier molecular flexibility index (Phi) is 8.07. The van der Waals surface area contributed by atoms with Gasteiger partial charge in [0.1, 0.15) is 22.0 Å². The molecule has 48 heavy (non-hydrogen) atoms. The van der Waals surface area contributed by atoms with Gasteiger partial charge in [0.15, 0.2) is 0 Å². The minimum absolute atomic E-state index is 0.160. The summed E-state index contributed by atoms with van der Waals surface area (Å²) in [5.74, 6) is -0.109. The monoisotopic (exact) mass is 669 g/mol. The van der Waals surface area contributed by atoms with Gasteiger partial charge in [-0.1, -0.05) is 0 Å². The van der Waals surface area contributed by atoms with Gasteiger partial charge in [-0.25, -0.2) is 9.37 Å². The van der Waals surface area contributed by atoms with Gasteiger partial charge < -0.3 is 24.6 Å². The number of ether oxygens (including phenoxy) is 1. The molecule has 248 valence electrons. The number of piperazine rings is 1. The van der Waals surface area contributed by atoms with Gasteiger partial charge in [-0.05, 0) is 61.1 Å². The molecule has 13 heteroatoms. The van der Waals surface area contributed by atoms with Crippen LogP contribution < -0.4 is 21.3 Å². The Labute approximate surface area is 279 Å². The van der Waals surface area contributed by atoms with E-state index in [1.165, 1.54) is 43.2 Å². The highest BCUT2D eigenvalue weighted by molar-refractivity contribution is 7.19. The number of nitrogens with one attached hydrogen (secondary N) is 1. The van der Waals surface area contributed by atoms with Gasteiger partial charge in [0.05, 0.1) is 49.6 Å². The Morgan fingerprint density at radius 1 is 1.04 bits per heavy atom. The summed E-state index contributed by atoms with van der Waals surface area (Å²) in [6.45, 7) is 4.91. The molecule has 0 spiro atoms. The molecule has 0 amide bonds. The highest BCUT2D eigenvalue weighted by Crippen LogP contribution is 2.35. The normalized spacial score (nSPS) is 17.0. The number of aromatic nitrogens is 4. The zero-order chi connectivity index (χ0) is 32.9. The maximum Gasteiger partial charge on any atom is 0.289 e. The molecular weight excluding hydrogens is 633 g/mol. The number of aliphatic hydroxyl groups excluding tert-OH is 1. The van der Waals surface area contributed by atoms with Crippen LogP contribution in [0.25, 0.3) is 26.9 Å². The van der Waals surface area contributed by atoms with Gasteiger partial charge in [0, 0.05) is 66.9 Å². The lowest BCUT2D eigenvalue weighted by Gasteiger charge is -2.43. The number of benzene rings is 1. The second-order valence-electron chi connectivity index (χ2n) is 12.7. The van der Waals surface area contributed by atoms with Crippen LogP contribution in [0.2, 0.25) is 0 Å². The van der Waals surface area contributed by atoms with Crippen molar-refractivity contribution in [2.24, 2.45) is 7.05 Å². The summed E-state index contributed by atoms with van der Waals surface area (Å²) in [7, 11) is 1.61. The third kappa shape index (κ3) is 5.50. The van der Waals surface area contributed by atoms with E-state index in [1.54, 1.807) is 31.7 Å². The van der Waals surface area contributed by atoms with Gasteiger partial charge >= 0.3 is 0 Å². The van der Waals surface area contributed by atoms with E-state index >= 15 is 4.39 Å². The summed E-state index contributed by atoms with van der Waals surface area (Å²) in [4.78, 5) is 37.5. The van der Waals surface area contributed by atoms with Crippen LogP contribution in [0, 0.1) is 5.82 Å². The molecule has 5 aromatic rings. The van der Waals surface area contributed by atoms with Gasteiger partial charge in [0.2, 0.25) is 0 Å². The van der Waals surface area contributed by atoms with Crippen LogP contribution in [0.3, 0.4) is 0 Å². The first-order chi connectivity index (χ1) is 23.4. The minimum atomic E-state index is -0.598. The molecule has 2 aliphatic heterocycles. The largest absolute Gasteiger partial charge is 0.392 e. The van der Waals surface area contributed by atoms with Crippen LogP contribution in [0.5, 0.6) is 0 Å². The Bertz CT molecular complexity index is 2130. The lowest BCUT2D eigenvalue weighted by molar-refractivity contribution is -0.0660. The molecule has 0 atom stereocenters. The summed E-state index contributed by atoms with van der Waals surface area (Å²) in [5.41, 5.74) is 3.11. The molecule has 1 aromatic carbocycles. The second-order valence-corrected chi connectivity index (χ2v) is 13.8. The number of thiophene rings is 1. The topological polar surface area (TPSA) is 118 Å². The van der Waals surface area contributed by atoms with Crippen molar-refractivity contribution in [3.63, 3.8) is 0 Å². The summed E-state index contributed by atoms with van der Waals surface area (Å²) in [6.07, 6.45) is 9.10. The van der Waals surface area contributed by atoms with Crippen LogP contribution in [0.4, 0.5) is 21.6 Å². The molecule has 6 heterocycles. The van der Waals surface area contributed by atoms with E-state index in [-0.39, 0.29) is 22.5 Å². The molecule has 1 aliphatic carbocycles. The fourth-order valence-electron chi connectivity index (χ4n) is 7.07. The zero-order valence-electron chi connectivity index (χ0n) is 26.6. The third-order valence-electron chi connectivity index (χ3n) is 9.80. The smallest absolute Gasteiger partial charge is 0.289 e. The zero-order valence-corrected chi connectivity index (χ0v) is 27.4. The van der Waals surface area contributed by atoms with E-state index < -0.39 is 12.4 Å². The molecule has 2 fully saturated rings. The van der Waals surface area contributed by atoms with E-state index in [1.807, 2.05) is 12.1 Å². The fraction of sp³-hybridized carbons (Fsp3) is 0.371. The Hall–Kier alpha value is -4.43. The van der Waals surface area contributed by atoms with Gasteiger partial charge in [-0.2, -0.15) is 9.78 Å². The number of aliphatic hydroxyl groups is 1.